The highest BCUT2D eigenvalue weighted by Gasteiger charge is 2.64. The Morgan fingerprint density at radius 2 is 2.00 bits per heavy atom. The smallest absolute Gasteiger partial charge is 0.0688 e. The maximum Gasteiger partial charge on any atom is 0.0688 e. The Balaban J connectivity index is 1.96. The van der Waals surface area contributed by atoms with Crippen LogP contribution in [0.15, 0.2) is 24.4 Å². The summed E-state index contributed by atoms with van der Waals surface area (Å²) in [6.07, 6.45) is 6.73. The Morgan fingerprint density at radius 3 is 2.69 bits per heavy atom. The maximum absolute atomic E-state index is 6.44. The topological polar surface area (TPSA) is 54.7 Å². The Bertz CT molecular complexity index is 561. The minimum atomic E-state index is 0.0758. The molecule has 0 atom stereocenters. The molecule has 2 fully saturated rings. The van der Waals surface area contributed by atoms with E-state index < -0.39 is 0 Å². The molecule has 3 heteroatoms. The second-order valence-electron chi connectivity index (χ2n) is 5.38. The zero-order chi connectivity index (χ0) is 10.8. The molecular weight excluding hydrogens is 198 g/mol. The lowest BCUT2D eigenvalue weighted by atomic mass is 9.85. The predicted molar refractivity (Wildman–Crippen MR) is 63.2 cm³/mol. The van der Waals surface area contributed by atoms with Crippen molar-refractivity contribution in [3.63, 3.8) is 0 Å². The van der Waals surface area contributed by atoms with E-state index >= 15 is 0 Å². The van der Waals surface area contributed by atoms with Crippen molar-refractivity contribution in [1.29, 1.82) is 0 Å². The Kier molecular flexibility index (Phi) is 1.36. The molecule has 0 spiro atoms. The second-order valence-corrected chi connectivity index (χ2v) is 5.38. The zero-order valence-corrected chi connectivity index (χ0v) is 9.16. The van der Waals surface area contributed by atoms with E-state index in [1.54, 1.807) is 0 Å². The third kappa shape index (κ3) is 0.901. The Labute approximate surface area is 94.0 Å². The van der Waals surface area contributed by atoms with E-state index in [-0.39, 0.29) is 11.0 Å². The second kappa shape index (κ2) is 2.48. The molecule has 3 N–H and O–H groups in total. The lowest BCUT2D eigenvalue weighted by Crippen LogP contribution is -2.37. The van der Waals surface area contributed by atoms with Gasteiger partial charge in [-0.05, 0) is 31.2 Å². The van der Waals surface area contributed by atoms with Crippen molar-refractivity contribution < 1.29 is 0 Å². The van der Waals surface area contributed by atoms with Crippen molar-refractivity contribution in [2.24, 2.45) is 5.73 Å². The molecule has 0 radical (unpaired) electrons. The fourth-order valence-electron chi connectivity index (χ4n) is 3.14. The number of fused-ring (bicyclic) bond motifs is 1. The number of aromatic nitrogens is 2. The van der Waals surface area contributed by atoms with Gasteiger partial charge in [-0.2, -0.15) is 5.10 Å². The van der Waals surface area contributed by atoms with E-state index in [0.717, 1.165) is 0 Å². The predicted octanol–water partition coefficient (Wildman–Crippen LogP) is 2.09. The van der Waals surface area contributed by atoms with Gasteiger partial charge in [-0.15, -0.1) is 0 Å². The Morgan fingerprint density at radius 1 is 1.19 bits per heavy atom. The average Bonchev–Trinajstić information content (AvgIpc) is 3.18. The van der Waals surface area contributed by atoms with E-state index in [1.165, 1.54) is 42.1 Å². The van der Waals surface area contributed by atoms with Crippen LogP contribution in [-0.2, 0) is 5.41 Å². The third-order valence-electron chi connectivity index (χ3n) is 4.48. The van der Waals surface area contributed by atoms with Crippen LogP contribution in [0.5, 0.6) is 0 Å². The van der Waals surface area contributed by atoms with Crippen LogP contribution in [-0.4, -0.2) is 15.7 Å². The lowest BCUT2D eigenvalue weighted by Gasteiger charge is -2.23. The summed E-state index contributed by atoms with van der Waals surface area (Å²) < 4.78 is 0. The molecule has 82 valence electrons. The quantitative estimate of drug-likeness (QED) is 0.802. The molecule has 4 rings (SSSR count). The van der Waals surface area contributed by atoms with Crippen molar-refractivity contribution in [3.05, 3.63) is 30.0 Å². The summed E-state index contributed by atoms with van der Waals surface area (Å²) in [5.41, 5.74) is 9.35. The fourth-order valence-corrected chi connectivity index (χ4v) is 3.14. The van der Waals surface area contributed by atoms with Crippen molar-refractivity contribution in [3.8, 4) is 0 Å². The average molecular weight is 213 g/mol. The summed E-state index contributed by atoms with van der Waals surface area (Å²) >= 11 is 0. The molecule has 2 aromatic rings. The highest BCUT2D eigenvalue weighted by molar-refractivity contribution is 5.83. The number of benzene rings is 1. The van der Waals surface area contributed by atoms with E-state index in [4.69, 9.17) is 5.73 Å². The van der Waals surface area contributed by atoms with E-state index in [2.05, 4.69) is 28.4 Å². The molecule has 16 heavy (non-hydrogen) atoms. The molecule has 1 aromatic heterocycles. The maximum atomic E-state index is 6.44. The summed E-state index contributed by atoms with van der Waals surface area (Å²) in [7, 11) is 0. The van der Waals surface area contributed by atoms with Gasteiger partial charge >= 0.3 is 0 Å². The number of hydrogen-bond acceptors (Lipinski definition) is 2. The molecule has 0 amide bonds. The van der Waals surface area contributed by atoms with Gasteiger partial charge in [0.1, 0.15) is 0 Å². The SMILES string of the molecule is NC1(C2(c3cccc4cn[nH]c34)CC2)CC1. The van der Waals surface area contributed by atoms with Crippen LogP contribution in [0.3, 0.4) is 0 Å². The van der Waals surface area contributed by atoms with Crippen molar-refractivity contribution >= 4 is 10.9 Å². The first-order valence-corrected chi connectivity index (χ1v) is 5.97. The molecular formula is C13H15N3. The largest absolute Gasteiger partial charge is 0.324 e. The van der Waals surface area contributed by atoms with Gasteiger partial charge in [0.25, 0.3) is 0 Å². The van der Waals surface area contributed by atoms with Gasteiger partial charge < -0.3 is 5.73 Å². The number of aromatic amines is 1. The highest BCUT2D eigenvalue weighted by Crippen LogP contribution is 2.64. The molecule has 0 bridgehead atoms. The van der Waals surface area contributed by atoms with Crippen LogP contribution in [0.2, 0.25) is 0 Å². The molecule has 2 saturated carbocycles. The van der Waals surface area contributed by atoms with Gasteiger partial charge in [-0.25, -0.2) is 0 Å². The number of nitrogens with two attached hydrogens (primary N) is 1. The van der Waals surface area contributed by atoms with Crippen LogP contribution in [0.4, 0.5) is 0 Å². The van der Waals surface area contributed by atoms with Gasteiger partial charge in [0.05, 0.1) is 11.7 Å². The van der Waals surface area contributed by atoms with Crippen LogP contribution in [0.1, 0.15) is 31.2 Å². The number of H-pyrrole nitrogens is 1. The summed E-state index contributed by atoms with van der Waals surface area (Å²) in [6, 6.07) is 6.45. The van der Waals surface area contributed by atoms with Crippen LogP contribution in [0.25, 0.3) is 10.9 Å². The van der Waals surface area contributed by atoms with E-state index in [1.807, 2.05) is 6.20 Å². The highest BCUT2D eigenvalue weighted by atomic mass is 15.1. The standard InChI is InChI=1S/C13H15N3/c14-13(6-7-13)12(4-5-12)10-3-1-2-9-8-15-16-11(9)10/h1-3,8H,4-7,14H2,(H,15,16). The zero-order valence-electron chi connectivity index (χ0n) is 9.16. The van der Waals surface area contributed by atoms with Crippen LogP contribution in [0, 0.1) is 0 Å². The van der Waals surface area contributed by atoms with E-state index in [9.17, 15) is 0 Å². The van der Waals surface area contributed by atoms with Gasteiger partial charge in [0.15, 0.2) is 0 Å². The van der Waals surface area contributed by atoms with Crippen LogP contribution < -0.4 is 5.73 Å². The summed E-state index contributed by atoms with van der Waals surface area (Å²) in [6.45, 7) is 0. The lowest BCUT2D eigenvalue weighted by molar-refractivity contribution is 0.506. The fraction of sp³-hybridized carbons (Fsp3) is 0.462. The number of para-hydroxylation sites is 1. The molecule has 0 aliphatic heterocycles. The van der Waals surface area contributed by atoms with Gasteiger partial charge in [0, 0.05) is 16.3 Å². The van der Waals surface area contributed by atoms with Crippen molar-refractivity contribution in [2.75, 3.05) is 0 Å². The number of nitrogens with one attached hydrogen (secondary N) is 1. The molecule has 1 heterocycles. The number of hydrogen-bond donors (Lipinski definition) is 2. The normalized spacial score (nSPS) is 24.6. The molecule has 2 aliphatic rings. The molecule has 3 nitrogen and oxygen atoms in total. The Hall–Kier alpha value is -1.35. The molecule has 0 unspecified atom stereocenters. The first-order chi connectivity index (χ1) is 7.75. The van der Waals surface area contributed by atoms with Crippen molar-refractivity contribution in [1.82, 2.24) is 10.2 Å². The van der Waals surface area contributed by atoms with E-state index in [0.29, 0.717) is 0 Å². The van der Waals surface area contributed by atoms with Crippen molar-refractivity contribution in [2.45, 2.75) is 36.6 Å². The third-order valence-corrected chi connectivity index (χ3v) is 4.48. The molecule has 2 aliphatic carbocycles. The van der Waals surface area contributed by atoms with Gasteiger partial charge in [-0.3, -0.25) is 5.10 Å². The van der Waals surface area contributed by atoms with Gasteiger partial charge in [-0.1, -0.05) is 18.2 Å². The van der Waals surface area contributed by atoms with Gasteiger partial charge in [0.2, 0.25) is 0 Å². The molecule has 0 saturated heterocycles. The number of rotatable bonds is 2. The minimum absolute atomic E-state index is 0.0758. The number of nitrogens with zero attached hydrogens (tertiary/aromatic N) is 1. The first-order valence-electron chi connectivity index (χ1n) is 5.97. The van der Waals surface area contributed by atoms with Crippen LogP contribution >= 0.6 is 0 Å². The molecule has 1 aromatic carbocycles. The summed E-state index contributed by atoms with van der Waals surface area (Å²) in [5, 5.41) is 8.47. The summed E-state index contributed by atoms with van der Waals surface area (Å²) in [5.74, 6) is 0. The summed E-state index contributed by atoms with van der Waals surface area (Å²) in [4.78, 5) is 0. The first kappa shape index (κ1) is 8.76. The monoisotopic (exact) mass is 213 g/mol. The minimum Gasteiger partial charge on any atom is -0.324 e.